The van der Waals surface area contributed by atoms with E-state index in [1.165, 1.54) is 0 Å². The van der Waals surface area contributed by atoms with Gasteiger partial charge in [0.25, 0.3) is 0 Å². The van der Waals surface area contributed by atoms with Crippen LogP contribution >= 0.6 is 0 Å². The predicted octanol–water partition coefficient (Wildman–Crippen LogP) is 2.15. The van der Waals surface area contributed by atoms with E-state index in [2.05, 4.69) is 4.98 Å². The highest BCUT2D eigenvalue weighted by Crippen LogP contribution is 2.27. The van der Waals surface area contributed by atoms with E-state index in [0.717, 1.165) is 11.1 Å². The van der Waals surface area contributed by atoms with Crippen molar-refractivity contribution in [3.05, 3.63) is 29.7 Å². The molecular weight excluding hydrogens is 216 g/mol. The number of amides is 1. The van der Waals surface area contributed by atoms with Crippen molar-refractivity contribution in [3.8, 4) is 0 Å². The minimum Gasteiger partial charge on any atom is -0.440 e. The summed E-state index contributed by atoms with van der Waals surface area (Å²) < 4.78 is 5.69. The third kappa shape index (κ3) is 2.30. The third-order valence-corrected chi connectivity index (χ3v) is 2.51. The zero-order chi connectivity index (χ0) is 12.6. The van der Waals surface area contributed by atoms with Crippen molar-refractivity contribution in [2.75, 3.05) is 0 Å². The fourth-order valence-electron chi connectivity index (χ4n) is 1.66. The lowest BCUT2D eigenvalue weighted by Gasteiger charge is -2.11. The number of nitrogens with two attached hydrogens (primary N) is 1. The molecule has 0 saturated carbocycles. The molecule has 4 heteroatoms. The van der Waals surface area contributed by atoms with Crippen LogP contribution in [0, 0.1) is 0 Å². The number of benzene rings is 1. The minimum atomic E-state index is -0.363. The topological polar surface area (TPSA) is 69.1 Å². The molecule has 17 heavy (non-hydrogen) atoms. The predicted molar refractivity (Wildman–Crippen MR) is 65.6 cm³/mol. The number of hydrogen-bond donors (Lipinski definition) is 1. The van der Waals surface area contributed by atoms with Gasteiger partial charge in [-0.15, -0.1) is 0 Å². The minimum absolute atomic E-state index is 0.150. The van der Waals surface area contributed by atoms with Gasteiger partial charge in [-0.1, -0.05) is 32.9 Å². The molecule has 0 aliphatic carbocycles. The molecule has 2 rings (SSSR count). The van der Waals surface area contributed by atoms with Crippen LogP contribution in [0.3, 0.4) is 0 Å². The van der Waals surface area contributed by atoms with E-state index in [-0.39, 0.29) is 17.7 Å². The van der Waals surface area contributed by atoms with Gasteiger partial charge in [-0.2, -0.15) is 0 Å². The normalized spacial score (nSPS) is 11.9. The molecule has 1 aromatic heterocycles. The van der Waals surface area contributed by atoms with Gasteiger partial charge in [0.15, 0.2) is 5.58 Å². The first-order valence-electron chi connectivity index (χ1n) is 5.55. The second kappa shape index (κ2) is 3.87. The third-order valence-electron chi connectivity index (χ3n) is 2.51. The molecule has 1 amide bonds. The summed E-state index contributed by atoms with van der Waals surface area (Å²) in [5.41, 5.74) is 7.31. The number of primary amides is 1. The molecule has 90 valence electrons. The van der Waals surface area contributed by atoms with Gasteiger partial charge in [-0.05, 0) is 11.6 Å². The van der Waals surface area contributed by atoms with E-state index in [1.54, 1.807) is 0 Å². The van der Waals surface area contributed by atoms with E-state index < -0.39 is 0 Å². The van der Waals surface area contributed by atoms with Crippen molar-refractivity contribution in [2.24, 2.45) is 5.73 Å². The molecule has 0 radical (unpaired) electrons. The number of para-hydroxylation sites is 1. The molecule has 0 saturated heterocycles. The fraction of sp³-hybridized carbons (Fsp3) is 0.385. The van der Waals surface area contributed by atoms with Gasteiger partial charge >= 0.3 is 0 Å². The van der Waals surface area contributed by atoms with Gasteiger partial charge in [-0.25, -0.2) is 4.98 Å². The molecule has 0 atom stereocenters. The SMILES string of the molecule is CC(C)(C)c1nc2c(CC(N)=O)cccc2o1. The average molecular weight is 232 g/mol. The maximum Gasteiger partial charge on any atom is 0.221 e. The van der Waals surface area contributed by atoms with E-state index in [9.17, 15) is 4.79 Å². The molecule has 0 fully saturated rings. The summed E-state index contributed by atoms with van der Waals surface area (Å²) in [5.74, 6) is 0.308. The van der Waals surface area contributed by atoms with E-state index in [1.807, 2.05) is 39.0 Å². The number of carbonyl (C=O) groups is 1. The monoisotopic (exact) mass is 232 g/mol. The van der Waals surface area contributed by atoms with E-state index in [4.69, 9.17) is 10.2 Å². The van der Waals surface area contributed by atoms with Gasteiger partial charge in [0.2, 0.25) is 11.8 Å². The molecule has 4 nitrogen and oxygen atoms in total. The Morgan fingerprint density at radius 2 is 2.12 bits per heavy atom. The lowest BCUT2D eigenvalue weighted by atomic mass is 9.97. The van der Waals surface area contributed by atoms with Crippen LogP contribution in [0.4, 0.5) is 0 Å². The van der Waals surface area contributed by atoms with Crippen LogP contribution in [-0.4, -0.2) is 10.9 Å². The molecular formula is C13H16N2O2. The average Bonchev–Trinajstić information content (AvgIpc) is 2.60. The van der Waals surface area contributed by atoms with Crippen molar-refractivity contribution in [1.29, 1.82) is 0 Å². The number of hydrogen-bond acceptors (Lipinski definition) is 3. The number of oxazole rings is 1. The Balaban J connectivity index is 2.57. The van der Waals surface area contributed by atoms with Crippen LogP contribution < -0.4 is 5.73 Å². The maximum atomic E-state index is 11.0. The summed E-state index contributed by atoms with van der Waals surface area (Å²) in [6.45, 7) is 6.10. The van der Waals surface area contributed by atoms with E-state index >= 15 is 0 Å². The zero-order valence-corrected chi connectivity index (χ0v) is 10.3. The zero-order valence-electron chi connectivity index (χ0n) is 10.3. The van der Waals surface area contributed by atoms with Crippen LogP contribution in [0.2, 0.25) is 0 Å². The summed E-state index contributed by atoms with van der Waals surface area (Å²) in [6, 6.07) is 5.54. The van der Waals surface area contributed by atoms with Gasteiger partial charge < -0.3 is 10.2 Å². The second-order valence-corrected chi connectivity index (χ2v) is 5.18. The number of aromatic nitrogens is 1. The van der Waals surface area contributed by atoms with Crippen molar-refractivity contribution < 1.29 is 9.21 Å². The smallest absolute Gasteiger partial charge is 0.221 e. The lowest BCUT2D eigenvalue weighted by molar-refractivity contribution is -0.117. The Labute approximate surface area is 99.8 Å². The highest BCUT2D eigenvalue weighted by Gasteiger charge is 2.21. The Hall–Kier alpha value is -1.84. The molecule has 0 unspecified atom stereocenters. The first-order chi connectivity index (χ1) is 7.88. The van der Waals surface area contributed by atoms with Crippen LogP contribution in [0.5, 0.6) is 0 Å². The second-order valence-electron chi connectivity index (χ2n) is 5.18. The molecule has 0 spiro atoms. The number of carbonyl (C=O) groups excluding carboxylic acids is 1. The fourth-order valence-corrected chi connectivity index (χ4v) is 1.66. The Kier molecular flexibility index (Phi) is 2.65. The standard InChI is InChI=1S/C13H16N2O2/c1-13(2,3)12-15-11-8(7-10(14)16)5-4-6-9(11)17-12/h4-6H,7H2,1-3H3,(H2,14,16). The largest absolute Gasteiger partial charge is 0.440 e. The molecule has 1 heterocycles. The maximum absolute atomic E-state index is 11.0. The number of nitrogens with zero attached hydrogens (tertiary/aromatic N) is 1. The molecule has 0 aliphatic rings. The quantitative estimate of drug-likeness (QED) is 0.862. The van der Waals surface area contributed by atoms with Crippen LogP contribution in [-0.2, 0) is 16.6 Å². The first kappa shape index (κ1) is 11.6. The van der Waals surface area contributed by atoms with Crippen LogP contribution in [0.15, 0.2) is 22.6 Å². The van der Waals surface area contributed by atoms with Crippen molar-refractivity contribution >= 4 is 17.0 Å². The molecule has 2 aromatic rings. The summed E-state index contributed by atoms with van der Waals surface area (Å²) in [4.78, 5) is 15.4. The van der Waals surface area contributed by atoms with Crippen molar-refractivity contribution in [2.45, 2.75) is 32.6 Å². The van der Waals surface area contributed by atoms with Gasteiger partial charge in [0.1, 0.15) is 5.52 Å². The van der Waals surface area contributed by atoms with Crippen molar-refractivity contribution in [1.82, 2.24) is 4.98 Å². The van der Waals surface area contributed by atoms with Crippen molar-refractivity contribution in [3.63, 3.8) is 0 Å². The Morgan fingerprint density at radius 3 is 2.71 bits per heavy atom. The lowest BCUT2D eigenvalue weighted by Crippen LogP contribution is -2.14. The van der Waals surface area contributed by atoms with Gasteiger partial charge in [0.05, 0.1) is 6.42 Å². The summed E-state index contributed by atoms with van der Waals surface area (Å²) >= 11 is 0. The Bertz CT molecular complexity index is 564. The molecule has 2 N–H and O–H groups in total. The number of fused-ring (bicyclic) bond motifs is 1. The van der Waals surface area contributed by atoms with Crippen LogP contribution in [0.1, 0.15) is 32.2 Å². The number of rotatable bonds is 2. The molecule has 0 aliphatic heterocycles. The highest BCUT2D eigenvalue weighted by atomic mass is 16.3. The first-order valence-corrected chi connectivity index (χ1v) is 5.55. The van der Waals surface area contributed by atoms with Gasteiger partial charge in [0, 0.05) is 5.41 Å². The van der Waals surface area contributed by atoms with Crippen LogP contribution in [0.25, 0.3) is 11.1 Å². The summed E-state index contributed by atoms with van der Waals surface area (Å²) in [7, 11) is 0. The summed E-state index contributed by atoms with van der Waals surface area (Å²) in [5, 5.41) is 0. The highest BCUT2D eigenvalue weighted by molar-refractivity contribution is 5.84. The van der Waals surface area contributed by atoms with Gasteiger partial charge in [-0.3, -0.25) is 4.79 Å². The molecule has 0 bridgehead atoms. The summed E-state index contributed by atoms with van der Waals surface area (Å²) in [6.07, 6.45) is 0.188. The molecule has 1 aromatic carbocycles. The van der Waals surface area contributed by atoms with E-state index in [0.29, 0.717) is 11.5 Å². The Morgan fingerprint density at radius 1 is 1.41 bits per heavy atom.